The molecule has 4 heterocycles. The van der Waals surface area contributed by atoms with Gasteiger partial charge in [-0.25, -0.2) is 15.0 Å². The predicted octanol–water partition coefficient (Wildman–Crippen LogP) is 2.93. The molecule has 0 bridgehead atoms. The predicted molar refractivity (Wildman–Crippen MR) is 94.5 cm³/mol. The lowest BCUT2D eigenvalue weighted by Crippen LogP contribution is -2.22. The van der Waals surface area contributed by atoms with Crippen molar-refractivity contribution in [2.45, 2.75) is 13.5 Å². The highest BCUT2D eigenvalue weighted by molar-refractivity contribution is 7.18. The Kier molecular flexibility index (Phi) is 3.35. The van der Waals surface area contributed by atoms with Crippen molar-refractivity contribution in [1.82, 2.24) is 19.9 Å². The molecule has 4 aromatic rings. The van der Waals surface area contributed by atoms with Crippen LogP contribution >= 0.6 is 22.7 Å². The average molecular weight is 343 g/mol. The van der Waals surface area contributed by atoms with Gasteiger partial charge in [0.2, 0.25) is 0 Å². The Labute approximate surface area is 139 Å². The molecule has 4 aromatic heterocycles. The van der Waals surface area contributed by atoms with Gasteiger partial charge in [0.1, 0.15) is 22.7 Å². The van der Waals surface area contributed by atoms with Crippen LogP contribution in [0.15, 0.2) is 27.9 Å². The first-order valence-electron chi connectivity index (χ1n) is 7.00. The van der Waals surface area contributed by atoms with E-state index in [1.54, 1.807) is 17.7 Å². The number of rotatable bonds is 3. The molecule has 23 heavy (non-hydrogen) atoms. The van der Waals surface area contributed by atoms with E-state index in [9.17, 15) is 4.79 Å². The van der Waals surface area contributed by atoms with Gasteiger partial charge in [-0.15, -0.1) is 22.7 Å². The molecule has 0 atom stereocenters. The van der Waals surface area contributed by atoms with Crippen LogP contribution in [0, 0.1) is 6.92 Å². The van der Waals surface area contributed by atoms with Gasteiger partial charge in [-0.3, -0.25) is 4.79 Å². The minimum Gasteiger partial charge on any atom is -0.351 e. The smallest absolute Gasteiger partial charge is 0.268 e. The van der Waals surface area contributed by atoms with E-state index in [0.717, 1.165) is 27.1 Å². The normalized spacial score (nSPS) is 11.4. The number of aromatic amines is 1. The van der Waals surface area contributed by atoms with Crippen molar-refractivity contribution < 1.29 is 0 Å². The van der Waals surface area contributed by atoms with Crippen molar-refractivity contribution in [2.75, 3.05) is 11.9 Å². The summed E-state index contributed by atoms with van der Waals surface area (Å²) in [6.45, 7) is 2.52. The summed E-state index contributed by atoms with van der Waals surface area (Å²) in [5.41, 5.74) is 2.77. The second kappa shape index (κ2) is 5.39. The molecule has 0 saturated heterocycles. The van der Waals surface area contributed by atoms with Gasteiger partial charge in [0.05, 0.1) is 22.3 Å². The van der Waals surface area contributed by atoms with Gasteiger partial charge < -0.3 is 9.88 Å². The van der Waals surface area contributed by atoms with E-state index < -0.39 is 0 Å². The Morgan fingerprint density at radius 2 is 2.13 bits per heavy atom. The van der Waals surface area contributed by atoms with Gasteiger partial charge in [0.15, 0.2) is 0 Å². The van der Waals surface area contributed by atoms with E-state index >= 15 is 0 Å². The number of thiophene rings is 2. The zero-order valence-electron chi connectivity index (χ0n) is 12.5. The number of aryl methyl sites for hydroxylation is 1. The molecule has 0 aliphatic carbocycles. The van der Waals surface area contributed by atoms with E-state index in [1.807, 2.05) is 30.3 Å². The lowest BCUT2D eigenvalue weighted by atomic mass is 10.3. The summed E-state index contributed by atoms with van der Waals surface area (Å²) < 4.78 is 1.71. The monoisotopic (exact) mass is 343 g/mol. The molecule has 1 N–H and O–H groups in total. The molecule has 0 aromatic carbocycles. The van der Waals surface area contributed by atoms with Crippen molar-refractivity contribution in [3.8, 4) is 0 Å². The third-order valence-corrected chi connectivity index (χ3v) is 5.61. The van der Waals surface area contributed by atoms with E-state index in [0.29, 0.717) is 17.1 Å². The second-order valence-electron chi connectivity index (χ2n) is 5.30. The largest absolute Gasteiger partial charge is 0.351 e. The molecule has 0 saturated carbocycles. The van der Waals surface area contributed by atoms with Crippen LogP contribution in [0.3, 0.4) is 0 Å². The third-order valence-electron chi connectivity index (χ3n) is 3.62. The van der Waals surface area contributed by atoms with Gasteiger partial charge in [0.25, 0.3) is 5.56 Å². The number of anilines is 1. The van der Waals surface area contributed by atoms with Crippen molar-refractivity contribution in [2.24, 2.45) is 0 Å². The first kappa shape index (κ1) is 14.3. The van der Waals surface area contributed by atoms with Crippen LogP contribution < -0.4 is 10.5 Å². The minimum atomic E-state index is -0.0896. The van der Waals surface area contributed by atoms with Crippen LogP contribution in [0.25, 0.3) is 20.4 Å². The van der Waals surface area contributed by atoms with E-state index in [-0.39, 0.29) is 5.56 Å². The lowest BCUT2D eigenvalue weighted by Gasteiger charge is -2.17. The zero-order chi connectivity index (χ0) is 16.0. The molecule has 0 spiro atoms. The maximum atomic E-state index is 12.1. The maximum absolute atomic E-state index is 12.1. The highest BCUT2D eigenvalue weighted by Crippen LogP contribution is 2.30. The molecule has 4 rings (SSSR count). The van der Waals surface area contributed by atoms with E-state index in [2.05, 4.69) is 25.3 Å². The van der Waals surface area contributed by atoms with Gasteiger partial charge >= 0.3 is 0 Å². The molecular formula is C15H13N5OS2. The standard InChI is InChI=1S/C15H13N5OS2/c1-8-6-23-13-11(8)16-7-17-14(13)20(2)5-10-18-9-3-4-22-12(9)15(21)19-10/h3-4,6-7H,5H2,1-2H3,(H,18,19,21). The maximum Gasteiger partial charge on any atom is 0.268 e. The summed E-state index contributed by atoms with van der Waals surface area (Å²) in [6.07, 6.45) is 1.58. The summed E-state index contributed by atoms with van der Waals surface area (Å²) in [6, 6.07) is 1.87. The van der Waals surface area contributed by atoms with Crippen LogP contribution in [0.5, 0.6) is 0 Å². The van der Waals surface area contributed by atoms with Gasteiger partial charge in [0, 0.05) is 7.05 Å². The first-order chi connectivity index (χ1) is 11.1. The number of aromatic nitrogens is 4. The SMILES string of the molecule is Cc1csc2c(N(C)Cc3nc4ccsc4c(=O)[nH]3)ncnc12. The van der Waals surface area contributed by atoms with Crippen molar-refractivity contribution in [1.29, 1.82) is 0 Å². The molecule has 0 aliphatic heterocycles. The number of hydrogen-bond acceptors (Lipinski definition) is 7. The van der Waals surface area contributed by atoms with Crippen LogP contribution in [0.2, 0.25) is 0 Å². The number of hydrogen-bond donors (Lipinski definition) is 1. The topological polar surface area (TPSA) is 74.8 Å². The van der Waals surface area contributed by atoms with Crippen molar-refractivity contribution in [3.05, 3.63) is 44.9 Å². The highest BCUT2D eigenvalue weighted by atomic mass is 32.1. The quantitative estimate of drug-likeness (QED) is 0.619. The molecule has 0 amide bonds. The van der Waals surface area contributed by atoms with Gasteiger partial charge in [-0.1, -0.05) is 0 Å². The van der Waals surface area contributed by atoms with Crippen LogP contribution in [-0.2, 0) is 6.54 Å². The van der Waals surface area contributed by atoms with Gasteiger partial charge in [-0.2, -0.15) is 0 Å². The van der Waals surface area contributed by atoms with Crippen LogP contribution in [0.1, 0.15) is 11.4 Å². The Balaban J connectivity index is 1.73. The summed E-state index contributed by atoms with van der Waals surface area (Å²) in [5.74, 6) is 1.48. The van der Waals surface area contributed by atoms with E-state index in [4.69, 9.17) is 0 Å². The Hall–Kier alpha value is -2.32. The first-order valence-corrected chi connectivity index (χ1v) is 8.76. The Bertz CT molecular complexity index is 1060. The number of fused-ring (bicyclic) bond motifs is 2. The van der Waals surface area contributed by atoms with Crippen LogP contribution in [0.4, 0.5) is 5.82 Å². The molecule has 6 nitrogen and oxygen atoms in total. The summed E-state index contributed by atoms with van der Waals surface area (Å²) in [5, 5.41) is 3.96. The van der Waals surface area contributed by atoms with Crippen molar-refractivity contribution in [3.63, 3.8) is 0 Å². The lowest BCUT2D eigenvalue weighted by molar-refractivity contribution is 0.830. The number of H-pyrrole nitrogens is 1. The molecule has 0 aliphatic rings. The molecule has 0 unspecified atom stereocenters. The Morgan fingerprint density at radius 1 is 1.26 bits per heavy atom. The molecule has 0 radical (unpaired) electrons. The third kappa shape index (κ3) is 2.40. The second-order valence-corrected chi connectivity index (χ2v) is 7.09. The number of nitrogens with zero attached hydrogens (tertiary/aromatic N) is 4. The summed E-state index contributed by atoms with van der Waals surface area (Å²) in [4.78, 5) is 30.2. The fourth-order valence-corrected chi connectivity index (χ4v) is 4.30. The fourth-order valence-electron chi connectivity index (χ4n) is 2.52. The van der Waals surface area contributed by atoms with Crippen molar-refractivity contribution >= 4 is 48.9 Å². The van der Waals surface area contributed by atoms with Crippen LogP contribution in [-0.4, -0.2) is 27.0 Å². The summed E-state index contributed by atoms with van der Waals surface area (Å²) in [7, 11) is 1.94. The van der Waals surface area contributed by atoms with Gasteiger partial charge in [-0.05, 0) is 29.3 Å². The molecule has 116 valence electrons. The summed E-state index contributed by atoms with van der Waals surface area (Å²) >= 11 is 3.03. The zero-order valence-corrected chi connectivity index (χ0v) is 14.2. The van der Waals surface area contributed by atoms with E-state index in [1.165, 1.54) is 11.3 Å². The highest BCUT2D eigenvalue weighted by Gasteiger charge is 2.14. The molecule has 0 fully saturated rings. The Morgan fingerprint density at radius 3 is 3.00 bits per heavy atom. The number of nitrogens with one attached hydrogen (secondary N) is 1. The fraction of sp³-hybridized carbons (Fsp3) is 0.200. The average Bonchev–Trinajstić information content (AvgIpc) is 3.14. The molecular weight excluding hydrogens is 330 g/mol. The molecule has 8 heteroatoms. The minimum absolute atomic E-state index is 0.0896.